The number of carbonyl (C=O) groups excluding carboxylic acids is 1. The second kappa shape index (κ2) is 4.52. The van der Waals surface area contributed by atoms with E-state index in [4.69, 9.17) is 5.73 Å². The Kier molecular flexibility index (Phi) is 3.60. The minimum absolute atomic E-state index is 0.0203. The molecule has 0 aliphatic rings. The van der Waals surface area contributed by atoms with Gasteiger partial charge in [0.05, 0.1) is 23.3 Å². The first kappa shape index (κ1) is 11.1. The topological polar surface area (TPSA) is 68.0 Å². The van der Waals surface area contributed by atoms with Gasteiger partial charge in [0.2, 0.25) is 5.91 Å². The summed E-state index contributed by atoms with van der Waals surface area (Å²) in [7, 11) is 0. The van der Waals surface area contributed by atoms with Crippen molar-refractivity contribution in [3.8, 4) is 0 Å². The van der Waals surface area contributed by atoms with E-state index in [1.807, 2.05) is 20.8 Å². The van der Waals surface area contributed by atoms with E-state index >= 15 is 0 Å². The highest BCUT2D eigenvalue weighted by molar-refractivity contribution is 7.11. The molecule has 1 amide bonds. The van der Waals surface area contributed by atoms with E-state index in [2.05, 4.69) is 10.3 Å². The summed E-state index contributed by atoms with van der Waals surface area (Å²) < 4.78 is 0. The second-order valence-corrected chi connectivity index (χ2v) is 4.57. The summed E-state index contributed by atoms with van der Waals surface area (Å²) in [4.78, 5) is 16.6. The predicted octanol–water partition coefficient (Wildman–Crippen LogP) is 0.896. The molecule has 1 rings (SSSR count). The smallest absolute Gasteiger partial charge is 0.234 e. The third kappa shape index (κ3) is 2.52. The molecular weight excluding hydrogens is 198 g/mol. The monoisotopic (exact) mass is 213 g/mol. The van der Waals surface area contributed by atoms with Crippen molar-refractivity contribution >= 4 is 17.2 Å². The molecule has 1 unspecified atom stereocenters. The van der Waals surface area contributed by atoms with Crippen molar-refractivity contribution in [2.24, 2.45) is 5.73 Å². The van der Waals surface area contributed by atoms with Crippen LogP contribution in [-0.4, -0.2) is 17.4 Å². The van der Waals surface area contributed by atoms with E-state index in [-0.39, 0.29) is 18.5 Å². The van der Waals surface area contributed by atoms with Gasteiger partial charge in [-0.25, -0.2) is 4.98 Å². The standard InChI is InChI=1S/C9H15N3OS/c1-5(11-8(13)4-10)9-6(2)14-7(3)12-9/h5H,4,10H2,1-3H3,(H,11,13). The van der Waals surface area contributed by atoms with Crippen LogP contribution in [0.25, 0.3) is 0 Å². The Labute approximate surface area is 87.5 Å². The molecule has 1 atom stereocenters. The Balaban J connectivity index is 2.73. The molecule has 3 N–H and O–H groups in total. The lowest BCUT2D eigenvalue weighted by atomic mass is 10.2. The van der Waals surface area contributed by atoms with E-state index in [1.165, 1.54) is 0 Å². The largest absolute Gasteiger partial charge is 0.347 e. The van der Waals surface area contributed by atoms with Crippen LogP contribution in [0.1, 0.15) is 28.5 Å². The molecule has 1 aromatic rings. The maximum atomic E-state index is 11.1. The number of carbonyl (C=O) groups is 1. The third-order valence-electron chi connectivity index (χ3n) is 1.91. The van der Waals surface area contributed by atoms with Crippen molar-refractivity contribution in [1.29, 1.82) is 0 Å². The van der Waals surface area contributed by atoms with Gasteiger partial charge in [-0.2, -0.15) is 0 Å². The quantitative estimate of drug-likeness (QED) is 0.783. The number of nitrogens with zero attached hydrogens (tertiary/aromatic N) is 1. The molecule has 0 saturated carbocycles. The van der Waals surface area contributed by atoms with E-state index in [9.17, 15) is 4.79 Å². The lowest BCUT2D eigenvalue weighted by Gasteiger charge is -2.11. The van der Waals surface area contributed by atoms with Crippen LogP contribution in [0, 0.1) is 13.8 Å². The molecular formula is C9H15N3OS. The SMILES string of the molecule is Cc1nc(C(C)NC(=O)CN)c(C)s1. The lowest BCUT2D eigenvalue weighted by Crippen LogP contribution is -2.32. The van der Waals surface area contributed by atoms with Crippen molar-refractivity contribution in [3.05, 3.63) is 15.6 Å². The maximum absolute atomic E-state index is 11.1. The highest BCUT2D eigenvalue weighted by Crippen LogP contribution is 2.22. The first-order chi connectivity index (χ1) is 6.54. The Morgan fingerprint density at radius 2 is 2.29 bits per heavy atom. The van der Waals surface area contributed by atoms with Crippen LogP contribution in [0.3, 0.4) is 0 Å². The van der Waals surface area contributed by atoms with Crippen molar-refractivity contribution in [2.45, 2.75) is 26.8 Å². The van der Waals surface area contributed by atoms with Crippen LogP contribution in [0.4, 0.5) is 0 Å². The first-order valence-corrected chi connectivity index (χ1v) is 5.29. The van der Waals surface area contributed by atoms with Crippen LogP contribution in [0.5, 0.6) is 0 Å². The number of hydrogen-bond donors (Lipinski definition) is 2. The van der Waals surface area contributed by atoms with E-state index in [0.717, 1.165) is 15.6 Å². The minimum Gasteiger partial charge on any atom is -0.347 e. The molecule has 0 saturated heterocycles. The minimum atomic E-state index is -0.150. The summed E-state index contributed by atoms with van der Waals surface area (Å²) in [6.45, 7) is 5.89. The fourth-order valence-corrected chi connectivity index (χ4v) is 2.23. The summed E-state index contributed by atoms with van der Waals surface area (Å²) in [5.41, 5.74) is 6.15. The van der Waals surface area contributed by atoms with Crippen molar-refractivity contribution in [3.63, 3.8) is 0 Å². The molecule has 1 heterocycles. The van der Waals surface area contributed by atoms with Gasteiger partial charge in [0.25, 0.3) is 0 Å². The second-order valence-electron chi connectivity index (χ2n) is 3.17. The highest BCUT2D eigenvalue weighted by Gasteiger charge is 2.14. The summed E-state index contributed by atoms with van der Waals surface area (Å²) in [5, 5.41) is 3.80. The molecule has 0 spiro atoms. The molecule has 0 aromatic carbocycles. The fraction of sp³-hybridized carbons (Fsp3) is 0.556. The summed E-state index contributed by atoms with van der Waals surface area (Å²) >= 11 is 1.64. The van der Waals surface area contributed by atoms with Crippen LogP contribution in [-0.2, 0) is 4.79 Å². The summed E-state index contributed by atoms with van der Waals surface area (Å²) in [6, 6.07) is -0.0593. The van der Waals surface area contributed by atoms with E-state index in [0.29, 0.717) is 0 Å². The zero-order valence-corrected chi connectivity index (χ0v) is 9.44. The van der Waals surface area contributed by atoms with Gasteiger partial charge in [0.15, 0.2) is 0 Å². The van der Waals surface area contributed by atoms with Gasteiger partial charge in [-0.1, -0.05) is 0 Å². The first-order valence-electron chi connectivity index (χ1n) is 4.48. The van der Waals surface area contributed by atoms with Crippen molar-refractivity contribution in [1.82, 2.24) is 10.3 Å². The molecule has 4 nitrogen and oxygen atoms in total. The number of nitrogens with two attached hydrogens (primary N) is 1. The molecule has 0 bridgehead atoms. The molecule has 5 heteroatoms. The predicted molar refractivity (Wildman–Crippen MR) is 57.2 cm³/mol. The van der Waals surface area contributed by atoms with Crippen molar-refractivity contribution in [2.75, 3.05) is 6.54 Å². The molecule has 78 valence electrons. The lowest BCUT2D eigenvalue weighted by molar-refractivity contribution is -0.120. The molecule has 0 aliphatic carbocycles. The number of amides is 1. The number of nitrogens with one attached hydrogen (secondary N) is 1. The number of hydrogen-bond acceptors (Lipinski definition) is 4. The van der Waals surface area contributed by atoms with Gasteiger partial charge < -0.3 is 11.1 Å². The van der Waals surface area contributed by atoms with Crippen LogP contribution < -0.4 is 11.1 Å². The molecule has 14 heavy (non-hydrogen) atoms. The molecule has 0 aliphatic heterocycles. The van der Waals surface area contributed by atoms with Gasteiger partial charge in [-0.3, -0.25) is 4.79 Å². The Morgan fingerprint density at radius 1 is 1.64 bits per heavy atom. The third-order valence-corrected chi connectivity index (χ3v) is 2.81. The molecule has 0 fully saturated rings. The average molecular weight is 213 g/mol. The van der Waals surface area contributed by atoms with Crippen LogP contribution >= 0.6 is 11.3 Å². The molecule has 0 radical (unpaired) electrons. The Morgan fingerprint density at radius 3 is 2.71 bits per heavy atom. The number of rotatable bonds is 3. The Hall–Kier alpha value is -0.940. The molecule has 1 aromatic heterocycles. The number of aryl methyl sites for hydroxylation is 2. The average Bonchev–Trinajstić information content (AvgIpc) is 2.45. The van der Waals surface area contributed by atoms with Gasteiger partial charge >= 0.3 is 0 Å². The van der Waals surface area contributed by atoms with Gasteiger partial charge in [0, 0.05) is 4.88 Å². The van der Waals surface area contributed by atoms with Crippen LogP contribution in [0.2, 0.25) is 0 Å². The zero-order valence-electron chi connectivity index (χ0n) is 8.63. The van der Waals surface area contributed by atoms with Gasteiger partial charge in [-0.05, 0) is 20.8 Å². The summed E-state index contributed by atoms with van der Waals surface area (Å²) in [6.07, 6.45) is 0. The summed E-state index contributed by atoms with van der Waals surface area (Å²) in [5.74, 6) is -0.150. The van der Waals surface area contributed by atoms with E-state index < -0.39 is 0 Å². The van der Waals surface area contributed by atoms with E-state index in [1.54, 1.807) is 11.3 Å². The highest BCUT2D eigenvalue weighted by atomic mass is 32.1. The zero-order chi connectivity index (χ0) is 10.7. The number of thiazole rings is 1. The van der Waals surface area contributed by atoms with Gasteiger partial charge in [0.1, 0.15) is 0 Å². The maximum Gasteiger partial charge on any atom is 0.234 e. The van der Waals surface area contributed by atoms with Gasteiger partial charge in [-0.15, -0.1) is 11.3 Å². The van der Waals surface area contributed by atoms with Crippen LogP contribution in [0.15, 0.2) is 0 Å². The number of aromatic nitrogens is 1. The normalized spacial score (nSPS) is 12.6. The Bertz CT molecular complexity index is 335. The van der Waals surface area contributed by atoms with Crippen molar-refractivity contribution < 1.29 is 4.79 Å². The fourth-order valence-electron chi connectivity index (χ4n) is 1.32.